The molecule has 1 aromatic carbocycles. The van der Waals surface area contributed by atoms with Crippen LogP contribution in [-0.2, 0) is 6.73 Å². The quantitative estimate of drug-likeness (QED) is 0.466. The number of aromatic nitrogens is 4. The van der Waals surface area contributed by atoms with E-state index in [4.69, 9.17) is 20.9 Å². The normalized spacial score (nSPS) is 10.3. The molecule has 4 N–H and O–H groups in total. The van der Waals surface area contributed by atoms with Gasteiger partial charge in [0.2, 0.25) is 5.95 Å². The third-order valence-corrected chi connectivity index (χ3v) is 3.69. The van der Waals surface area contributed by atoms with Crippen molar-refractivity contribution in [2.45, 2.75) is 6.73 Å². The highest BCUT2D eigenvalue weighted by atomic mass is 16.6. The van der Waals surface area contributed by atoms with E-state index >= 15 is 0 Å². The van der Waals surface area contributed by atoms with Crippen molar-refractivity contribution in [2.75, 3.05) is 18.6 Å². The first-order chi connectivity index (χ1) is 13.4. The molecule has 12 nitrogen and oxygen atoms in total. The van der Waals surface area contributed by atoms with E-state index in [2.05, 4.69) is 15.1 Å². The number of rotatable bonds is 6. The molecule has 0 aliphatic heterocycles. The Morgan fingerprint density at radius 1 is 1.32 bits per heavy atom. The van der Waals surface area contributed by atoms with Crippen LogP contribution in [0.15, 0.2) is 30.6 Å². The summed E-state index contributed by atoms with van der Waals surface area (Å²) in [5, 5.41) is 23.9. The summed E-state index contributed by atoms with van der Waals surface area (Å²) in [4.78, 5) is 18.0. The third kappa shape index (κ3) is 3.58. The second-order valence-electron chi connectivity index (χ2n) is 5.44. The maximum Gasteiger partial charge on any atom is 0.307 e. The SMILES string of the molecule is COc1cc(-c2nc(N)nc(N)c2C#N)ccc1OCn1cc([N+](=O)[O-])cn1. The van der Waals surface area contributed by atoms with Crippen molar-refractivity contribution < 1.29 is 14.4 Å². The second-order valence-corrected chi connectivity index (χ2v) is 5.44. The van der Waals surface area contributed by atoms with E-state index < -0.39 is 4.92 Å². The molecule has 2 heterocycles. The van der Waals surface area contributed by atoms with Gasteiger partial charge in [0.25, 0.3) is 0 Å². The molecule has 142 valence electrons. The molecule has 0 fully saturated rings. The lowest BCUT2D eigenvalue weighted by Gasteiger charge is -2.13. The van der Waals surface area contributed by atoms with Crippen molar-refractivity contribution in [1.29, 1.82) is 5.26 Å². The number of anilines is 2. The van der Waals surface area contributed by atoms with Gasteiger partial charge in [0.15, 0.2) is 18.2 Å². The van der Waals surface area contributed by atoms with Crippen LogP contribution >= 0.6 is 0 Å². The molecule has 0 unspecified atom stereocenters. The van der Waals surface area contributed by atoms with Crippen molar-refractivity contribution in [1.82, 2.24) is 19.7 Å². The molecule has 0 bridgehead atoms. The predicted molar refractivity (Wildman–Crippen MR) is 97.1 cm³/mol. The number of benzene rings is 1. The van der Waals surface area contributed by atoms with Crippen LogP contribution in [0.5, 0.6) is 11.5 Å². The van der Waals surface area contributed by atoms with Crippen LogP contribution in [0.4, 0.5) is 17.5 Å². The Morgan fingerprint density at radius 2 is 2.11 bits per heavy atom. The highest BCUT2D eigenvalue weighted by Crippen LogP contribution is 2.34. The van der Waals surface area contributed by atoms with E-state index in [0.717, 1.165) is 6.20 Å². The van der Waals surface area contributed by atoms with Gasteiger partial charge in [0.1, 0.15) is 29.8 Å². The topological polar surface area (TPSA) is 181 Å². The fourth-order valence-corrected chi connectivity index (χ4v) is 2.40. The van der Waals surface area contributed by atoms with Crippen molar-refractivity contribution in [3.05, 3.63) is 46.3 Å². The zero-order valence-electron chi connectivity index (χ0n) is 14.6. The van der Waals surface area contributed by atoms with Gasteiger partial charge in [-0.05, 0) is 18.2 Å². The molecule has 0 saturated heterocycles. The molecule has 0 radical (unpaired) electrons. The maximum absolute atomic E-state index is 10.7. The number of nitrogen functional groups attached to an aromatic ring is 2. The number of nitro groups is 1. The summed E-state index contributed by atoms with van der Waals surface area (Å²) in [5.74, 6) is 0.618. The molecule has 2 aromatic heterocycles. The van der Waals surface area contributed by atoms with Gasteiger partial charge in [-0.3, -0.25) is 10.1 Å². The molecule has 3 aromatic rings. The summed E-state index contributed by atoms with van der Waals surface area (Å²) in [6.07, 6.45) is 2.36. The maximum atomic E-state index is 10.7. The Labute approximate surface area is 158 Å². The van der Waals surface area contributed by atoms with Crippen LogP contribution < -0.4 is 20.9 Å². The summed E-state index contributed by atoms with van der Waals surface area (Å²) < 4.78 is 12.2. The molecular formula is C16H14N8O4. The number of nitriles is 1. The minimum Gasteiger partial charge on any atom is -0.493 e. The average Bonchev–Trinajstić information content (AvgIpc) is 3.15. The first-order valence-corrected chi connectivity index (χ1v) is 7.74. The van der Waals surface area contributed by atoms with E-state index in [-0.39, 0.29) is 35.4 Å². The van der Waals surface area contributed by atoms with Crippen molar-refractivity contribution in [3.8, 4) is 28.8 Å². The number of hydrogen-bond donors (Lipinski definition) is 2. The van der Waals surface area contributed by atoms with Gasteiger partial charge < -0.3 is 20.9 Å². The van der Waals surface area contributed by atoms with Crippen LogP contribution in [-0.4, -0.2) is 31.8 Å². The molecule has 0 aliphatic carbocycles. The molecule has 3 rings (SSSR count). The number of hydrogen-bond acceptors (Lipinski definition) is 10. The van der Waals surface area contributed by atoms with Gasteiger partial charge in [-0.15, -0.1) is 0 Å². The van der Waals surface area contributed by atoms with Crippen LogP contribution in [0.25, 0.3) is 11.3 Å². The van der Waals surface area contributed by atoms with E-state index in [1.807, 2.05) is 6.07 Å². The number of methoxy groups -OCH3 is 1. The molecule has 0 saturated carbocycles. The van der Waals surface area contributed by atoms with Gasteiger partial charge in [0, 0.05) is 5.56 Å². The highest BCUT2D eigenvalue weighted by molar-refractivity contribution is 5.74. The summed E-state index contributed by atoms with van der Waals surface area (Å²) in [6.45, 7) is -0.0691. The summed E-state index contributed by atoms with van der Waals surface area (Å²) >= 11 is 0. The van der Waals surface area contributed by atoms with Crippen LogP contribution in [0, 0.1) is 21.4 Å². The van der Waals surface area contributed by atoms with Crippen molar-refractivity contribution in [3.63, 3.8) is 0 Å². The van der Waals surface area contributed by atoms with E-state index in [0.29, 0.717) is 17.1 Å². The Morgan fingerprint density at radius 3 is 2.75 bits per heavy atom. The molecule has 28 heavy (non-hydrogen) atoms. The van der Waals surface area contributed by atoms with Gasteiger partial charge in [-0.1, -0.05) is 0 Å². The van der Waals surface area contributed by atoms with Gasteiger partial charge >= 0.3 is 5.69 Å². The van der Waals surface area contributed by atoms with Crippen LogP contribution in [0.3, 0.4) is 0 Å². The predicted octanol–water partition coefficient (Wildman–Crippen LogP) is 1.33. The lowest BCUT2D eigenvalue weighted by Crippen LogP contribution is -2.07. The zero-order valence-corrected chi connectivity index (χ0v) is 14.6. The number of nitrogens with zero attached hydrogens (tertiary/aromatic N) is 6. The summed E-state index contributed by atoms with van der Waals surface area (Å²) in [5.41, 5.74) is 12.1. The average molecular weight is 382 g/mol. The third-order valence-electron chi connectivity index (χ3n) is 3.69. The van der Waals surface area contributed by atoms with E-state index in [9.17, 15) is 15.4 Å². The molecular weight excluding hydrogens is 368 g/mol. The summed E-state index contributed by atoms with van der Waals surface area (Å²) in [6, 6.07) is 6.80. The Hall–Kier alpha value is -4.40. The number of ether oxygens (including phenoxy) is 2. The van der Waals surface area contributed by atoms with E-state index in [1.165, 1.54) is 18.0 Å². The summed E-state index contributed by atoms with van der Waals surface area (Å²) in [7, 11) is 1.44. The van der Waals surface area contributed by atoms with Crippen LogP contribution in [0.2, 0.25) is 0 Å². The zero-order chi connectivity index (χ0) is 20.3. The van der Waals surface area contributed by atoms with Crippen molar-refractivity contribution in [2.24, 2.45) is 0 Å². The monoisotopic (exact) mass is 382 g/mol. The lowest BCUT2D eigenvalue weighted by atomic mass is 10.1. The minimum atomic E-state index is -0.551. The first-order valence-electron chi connectivity index (χ1n) is 7.74. The van der Waals surface area contributed by atoms with E-state index in [1.54, 1.807) is 18.2 Å². The van der Waals surface area contributed by atoms with Crippen molar-refractivity contribution >= 4 is 17.5 Å². The first kappa shape index (κ1) is 18.4. The molecule has 0 aliphatic rings. The molecule has 0 amide bonds. The Balaban J connectivity index is 1.89. The highest BCUT2D eigenvalue weighted by Gasteiger charge is 2.16. The molecule has 0 atom stereocenters. The lowest BCUT2D eigenvalue weighted by molar-refractivity contribution is -0.385. The second kappa shape index (κ2) is 7.46. The fraction of sp³-hybridized carbons (Fsp3) is 0.125. The van der Waals surface area contributed by atoms with Gasteiger partial charge in [0.05, 0.1) is 17.7 Å². The Kier molecular flexibility index (Phi) is 4.90. The molecule has 12 heteroatoms. The smallest absolute Gasteiger partial charge is 0.307 e. The standard InChI is InChI=1S/C16H14N8O4/c1-27-13-4-9(14-11(5-17)15(18)22-16(19)21-14)2-3-12(13)28-8-23-7-10(6-20-23)24(25)26/h2-4,6-7H,8H2,1H3,(H4,18,19,21,22). The largest absolute Gasteiger partial charge is 0.493 e. The fourth-order valence-electron chi connectivity index (χ4n) is 2.40. The van der Waals surface area contributed by atoms with Gasteiger partial charge in [-0.2, -0.15) is 15.3 Å². The van der Waals surface area contributed by atoms with Gasteiger partial charge in [-0.25, -0.2) is 9.67 Å². The number of nitrogens with two attached hydrogens (primary N) is 2. The molecule has 0 spiro atoms. The Bertz CT molecular complexity index is 1090. The van der Waals surface area contributed by atoms with Crippen LogP contribution in [0.1, 0.15) is 5.56 Å². The minimum absolute atomic E-state index is 0.0235.